The van der Waals surface area contributed by atoms with Crippen LogP contribution in [-0.2, 0) is 9.53 Å². The first kappa shape index (κ1) is 12.4. The molecule has 0 spiro atoms. The van der Waals surface area contributed by atoms with Crippen LogP contribution >= 0.6 is 0 Å². The topological polar surface area (TPSA) is 56.3 Å². The highest BCUT2D eigenvalue weighted by Crippen LogP contribution is 2.13. The monoisotopic (exact) mass is 221 g/mol. The van der Waals surface area contributed by atoms with Crippen molar-refractivity contribution < 1.29 is 14.3 Å². The molecule has 0 saturated heterocycles. The van der Waals surface area contributed by atoms with Gasteiger partial charge in [0.1, 0.15) is 11.6 Å². The standard InChI is InChI=1S/C12H15NO3/c1-4-9(12(15)16-3)11(14)10-7-8(2)5-6-13-10/h5-7,9H,4H2,1-3H3. The van der Waals surface area contributed by atoms with Gasteiger partial charge >= 0.3 is 5.97 Å². The molecule has 0 aliphatic heterocycles. The largest absolute Gasteiger partial charge is 0.468 e. The molecule has 4 heteroatoms. The van der Waals surface area contributed by atoms with Crippen LogP contribution in [0, 0.1) is 12.8 Å². The Morgan fingerprint density at radius 3 is 2.69 bits per heavy atom. The number of carbonyl (C=O) groups is 2. The van der Waals surface area contributed by atoms with Gasteiger partial charge in [-0.25, -0.2) is 0 Å². The molecule has 0 radical (unpaired) electrons. The average molecular weight is 221 g/mol. The average Bonchev–Trinajstić information content (AvgIpc) is 2.29. The number of aryl methyl sites for hydroxylation is 1. The second-order valence-corrected chi connectivity index (χ2v) is 3.57. The van der Waals surface area contributed by atoms with E-state index >= 15 is 0 Å². The number of ether oxygens (including phenoxy) is 1. The summed E-state index contributed by atoms with van der Waals surface area (Å²) in [7, 11) is 1.28. The Hall–Kier alpha value is -1.71. The predicted molar refractivity (Wildman–Crippen MR) is 59.1 cm³/mol. The van der Waals surface area contributed by atoms with Crippen LogP contribution in [0.3, 0.4) is 0 Å². The van der Waals surface area contributed by atoms with Gasteiger partial charge in [0.15, 0.2) is 5.78 Å². The number of esters is 1. The quantitative estimate of drug-likeness (QED) is 0.441. The Morgan fingerprint density at radius 1 is 1.50 bits per heavy atom. The van der Waals surface area contributed by atoms with Gasteiger partial charge in [0, 0.05) is 6.20 Å². The van der Waals surface area contributed by atoms with Gasteiger partial charge in [0.2, 0.25) is 0 Å². The lowest BCUT2D eigenvalue weighted by Crippen LogP contribution is -2.25. The summed E-state index contributed by atoms with van der Waals surface area (Å²) in [6, 6.07) is 3.48. The van der Waals surface area contributed by atoms with Crippen molar-refractivity contribution in [3.8, 4) is 0 Å². The molecule has 16 heavy (non-hydrogen) atoms. The van der Waals surface area contributed by atoms with Crippen molar-refractivity contribution in [3.05, 3.63) is 29.6 Å². The molecule has 0 aliphatic carbocycles. The SMILES string of the molecule is CCC(C(=O)OC)C(=O)c1cc(C)ccn1. The minimum atomic E-state index is -0.751. The molecule has 1 aromatic rings. The third kappa shape index (κ3) is 2.66. The third-order valence-electron chi connectivity index (χ3n) is 2.38. The van der Waals surface area contributed by atoms with Crippen LogP contribution in [0.1, 0.15) is 29.4 Å². The van der Waals surface area contributed by atoms with E-state index in [1.165, 1.54) is 7.11 Å². The molecule has 1 heterocycles. The van der Waals surface area contributed by atoms with Crippen molar-refractivity contribution in [2.75, 3.05) is 7.11 Å². The van der Waals surface area contributed by atoms with Gasteiger partial charge < -0.3 is 4.74 Å². The smallest absolute Gasteiger partial charge is 0.316 e. The molecule has 0 saturated carbocycles. The normalized spacial score (nSPS) is 11.9. The van der Waals surface area contributed by atoms with E-state index in [0.717, 1.165) is 5.56 Å². The number of Topliss-reactive ketones (excluding diaryl/α,β-unsaturated/α-hetero) is 1. The predicted octanol–water partition coefficient (Wildman–Crippen LogP) is 1.77. The molecular weight excluding hydrogens is 206 g/mol. The van der Waals surface area contributed by atoms with Crippen LogP contribution in [0.5, 0.6) is 0 Å². The Kier molecular flexibility index (Phi) is 4.17. The van der Waals surface area contributed by atoms with Gasteiger partial charge in [-0.15, -0.1) is 0 Å². The highest BCUT2D eigenvalue weighted by molar-refractivity contribution is 6.07. The Bertz CT molecular complexity index is 401. The number of carbonyl (C=O) groups excluding carboxylic acids is 2. The van der Waals surface area contributed by atoms with Crippen LogP contribution in [0.2, 0.25) is 0 Å². The van der Waals surface area contributed by atoms with Gasteiger partial charge in [0.25, 0.3) is 0 Å². The maximum atomic E-state index is 12.0. The molecule has 0 aliphatic rings. The number of pyridine rings is 1. The first-order valence-corrected chi connectivity index (χ1v) is 5.14. The molecule has 0 N–H and O–H groups in total. The molecule has 1 atom stereocenters. The zero-order chi connectivity index (χ0) is 12.1. The number of hydrogen-bond donors (Lipinski definition) is 0. The van der Waals surface area contributed by atoms with Crippen molar-refractivity contribution in [2.45, 2.75) is 20.3 Å². The molecule has 4 nitrogen and oxygen atoms in total. The van der Waals surface area contributed by atoms with Gasteiger partial charge in [-0.3, -0.25) is 14.6 Å². The molecule has 0 bridgehead atoms. The Labute approximate surface area is 94.6 Å². The second kappa shape index (κ2) is 5.39. The van der Waals surface area contributed by atoms with Crippen molar-refractivity contribution >= 4 is 11.8 Å². The van der Waals surface area contributed by atoms with E-state index in [9.17, 15) is 9.59 Å². The highest BCUT2D eigenvalue weighted by Gasteiger charge is 2.27. The van der Waals surface area contributed by atoms with Gasteiger partial charge in [-0.05, 0) is 31.0 Å². The summed E-state index contributed by atoms with van der Waals surface area (Å²) in [5.74, 6) is -1.53. The molecule has 0 fully saturated rings. The van der Waals surface area contributed by atoms with Gasteiger partial charge in [-0.1, -0.05) is 6.92 Å². The lowest BCUT2D eigenvalue weighted by Gasteiger charge is -2.10. The molecule has 1 aromatic heterocycles. The summed E-state index contributed by atoms with van der Waals surface area (Å²) in [6.45, 7) is 3.65. The molecule has 0 amide bonds. The number of hydrogen-bond acceptors (Lipinski definition) is 4. The number of methoxy groups -OCH3 is 1. The van der Waals surface area contributed by atoms with Crippen LogP contribution in [-0.4, -0.2) is 23.8 Å². The number of nitrogens with zero attached hydrogens (tertiary/aromatic N) is 1. The number of rotatable bonds is 4. The van der Waals surface area contributed by atoms with E-state index in [1.54, 1.807) is 25.3 Å². The second-order valence-electron chi connectivity index (χ2n) is 3.57. The molecule has 1 rings (SSSR count). The lowest BCUT2D eigenvalue weighted by atomic mass is 9.98. The summed E-state index contributed by atoms with van der Waals surface area (Å²) in [4.78, 5) is 27.3. The summed E-state index contributed by atoms with van der Waals surface area (Å²) in [5.41, 5.74) is 1.26. The zero-order valence-electron chi connectivity index (χ0n) is 9.69. The highest BCUT2D eigenvalue weighted by atomic mass is 16.5. The maximum Gasteiger partial charge on any atom is 0.316 e. The fourth-order valence-electron chi connectivity index (χ4n) is 1.45. The summed E-state index contributed by atoms with van der Waals surface area (Å²) in [5, 5.41) is 0. The molecular formula is C12H15NO3. The van der Waals surface area contributed by atoms with Crippen LogP contribution in [0.15, 0.2) is 18.3 Å². The van der Waals surface area contributed by atoms with E-state index in [0.29, 0.717) is 12.1 Å². The van der Waals surface area contributed by atoms with E-state index in [1.807, 2.05) is 6.92 Å². The minimum Gasteiger partial charge on any atom is -0.468 e. The van der Waals surface area contributed by atoms with Crippen molar-refractivity contribution in [1.82, 2.24) is 4.98 Å². The van der Waals surface area contributed by atoms with Crippen LogP contribution in [0.4, 0.5) is 0 Å². The number of ketones is 1. The van der Waals surface area contributed by atoms with Crippen molar-refractivity contribution in [3.63, 3.8) is 0 Å². The van der Waals surface area contributed by atoms with Crippen LogP contribution in [0.25, 0.3) is 0 Å². The lowest BCUT2D eigenvalue weighted by molar-refractivity contribution is -0.143. The Balaban J connectivity index is 2.95. The minimum absolute atomic E-state index is 0.280. The molecule has 86 valence electrons. The van der Waals surface area contributed by atoms with E-state index in [2.05, 4.69) is 9.72 Å². The fraction of sp³-hybridized carbons (Fsp3) is 0.417. The maximum absolute atomic E-state index is 12.0. The van der Waals surface area contributed by atoms with E-state index in [4.69, 9.17) is 0 Å². The van der Waals surface area contributed by atoms with E-state index in [-0.39, 0.29) is 5.78 Å². The Morgan fingerprint density at radius 2 is 2.19 bits per heavy atom. The number of aromatic nitrogens is 1. The van der Waals surface area contributed by atoms with E-state index < -0.39 is 11.9 Å². The van der Waals surface area contributed by atoms with Crippen molar-refractivity contribution in [2.24, 2.45) is 5.92 Å². The molecule has 1 unspecified atom stereocenters. The molecule has 0 aromatic carbocycles. The van der Waals surface area contributed by atoms with Gasteiger partial charge in [-0.2, -0.15) is 0 Å². The van der Waals surface area contributed by atoms with Crippen LogP contribution < -0.4 is 0 Å². The fourth-order valence-corrected chi connectivity index (χ4v) is 1.45. The van der Waals surface area contributed by atoms with Gasteiger partial charge in [0.05, 0.1) is 7.11 Å². The first-order chi connectivity index (χ1) is 7.60. The first-order valence-electron chi connectivity index (χ1n) is 5.14. The van der Waals surface area contributed by atoms with Crippen molar-refractivity contribution in [1.29, 1.82) is 0 Å². The summed E-state index contributed by atoms with van der Waals surface area (Å²) >= 11 is 0. The third-order valence-corrected chi connectivity index (χ3v) is 2.38. The summed E-state index contributed by atoms with van der Waals surface area (Å²) in [6.07, 6.45) is 1.98. The summed E-state index contributed by atoms with van der Waals surface area (Å²) < 4.78 is 4.59. The zero-order valence-corrected chi connectivity index (χ0v) is 9.69.